The summed E-state index contributed by atoms with van der Waals surface area (Å²) >= 11 is 0. The quantitative estimate of drug-likeness (QED) is 0.723. The van der Waals surface area contributed by atoms with Gasteiger partial charge >= 0.3 is 5.69 Å². The molecule has 4 nitrogen and oxygen atoms in total. The molecule has 2 aromatic rings. The molecule has 0 amide bonds. The first-order valence-corrected chi connectivity index (χ1v) is 4.02. The van der Waals surface area contributed by atoms with Gasteiger partial charge in [-0.2, -0.15) is 0 Å². The van der Waals surface area contributed by atoms with Gasteiger partial charge in [-0.05, 0) is 12.1 Å². The van der Waals surface area contributed by atoms with E-state index in [0.717, 1.165) is 4.57 Å². The highest BCUT2D eigenvalue weighted by molar-refractivity contribution is 5.77. The molecule has 14 heavy (non-hydrogen) atoms. The molecule has 0 unspecified atom stereocenters. The fraction of sp³-hybridized carbons (Fsp3) is 0.111. The maximum absolute atomic E-state index is 12.5. The van der Waals surface area contributed by atoms with Crippen LogP contribution >= 0.6 is 0 Å². The highest BCUT2D eigenvalue weighted by Crippen LogP contribution is 2.05. The number of para-hydroxylation sites is 1. The normalized spacial score (nSPS) is 10.6. The molecule has 0 radical (unpaired) electrons. The van der Waals surface area contributed by atoms with Gasteiger partial charge < -0.3 is 0 Å². The molecule has 0 aliphatic heterocycles. The van der Waals surface area contributed by atoms with Gasteiger partial charge in [0, 0.05) is 0 Å². The summed E-state index contributed by atoms with van der Waals surface area (Å²) in [5.41, 5.74) is -0.907. The lowest BCUT2D eigenvalue weighted by Gasteiger charge is -2.03. The molecule has 0 spiro atoms. The molecule has 0 fully saturated rings. The highest BCUT2D eigenvalue weighted by Gasteiger charge is 2.04. The number of hydrogen-bond acceptors (Lipinski definition) is 2. The number of benzene rings is 1. The Kier molecular flexibility index (Phi) is 1.92. The summed E-state index contributed by atoms with van der Waals surface area (Å²) in [4.78, 5) is 24.5. The van der Waals surface area contributed by atoms with Crippen LogP contribution in [0.4, 0.5) is 4.39 Å². The van der Waals surface area contributed by atoms with Crippen molar-refractivity contribution < 1.29 is 4.39 Å². The zero-order valence-corrected chi connectivity index (χ0v) is 7.16. The Labute approximate surface area is 77.6 Å². The van der Waals surface area contributed by atoms with Crippen LogP contribution in [0.15, 0.2) is 33.9 Å². The SMILES string of the molecule is O=c1[nH]c(=O)n(CF)c2ccccc12. The van der Waals surface area contributed by atoms with Gasteiger partial charge in [0.2, 0.25) is 0 Å². The number of fused-ring (bicyclic) bond motifs is 1. The summed E-state index contributed by atoms with van der Waals surface area (Å²) in [6.07, 6.45) is 0. The summed E-state index contributed by atoms with van der Waals surface area (Å²) in [6.45, 7) is -0.948. The molecule has 1 aromatic carbocycles. The monoisotopic (exact) mass is 194 g/mol. The zero-order valence-electron chi connectivity index (χ0n) is 7.16. The Bertz CT molecular complexity index is 585. The number of H-pyrrole nitrogens is 1. The average molecular weight is 194 g/mol. The standard InChI is InChI=1S/C9H7FN2O2/c10-5-12-7-4-2-1-3-6(7)8(13)11-9(12)14/h1-4H,5H2,(H,11,13,14). The second kappa shape index (κ2) is 3.10. The summed E-state index contributed by atoms with van der Waals surface area (Å²) in [7, 11) is 0. The Morgan fingerprint density at radius 2 is 2.00 bits per heavy atom. The minimum absolute atomic E-state index is 0.309. The zero-order chi connectivity index (χ0) is 10.1. The van der Waals surface area contributed by atoms with Crippen molar-refractivity contribution in [2.45, 2.75) is 6.80 Å². The molecule has 1 heterocycles. The topological polar surface area (TPSA) is 54.9 Å². The van der Waals surface area contributed by atoms with Crippen LogP contribution in [0.2, 0.25) is 0 Å². The van der Waals surface area contributed by atoms with Crippen molar-refractivity contribution in [3.8, 4) is 0 Å². The average Bonchev–Trinajstić information content (AvgIpc) is 2.18. The van der Waals surface area contributed by atoms with E-state index in [-0.39, 0.29) is 0 Å². The van der Waals surface area contributed by atoms with Crippen LogP contribution in [0.5, 0.6) is 0 Å². The molecule has 0 aliphatic rings. The third kappa shape index (κ3) is 1.14. The van der Waals surface area contributed by atoms with E-state index in [1.54, 1.807) is 18.2 Å². The third-order valence-corrected chi connectivity index (χ3v) is 2.02. The van der Waals surface area contributed by atoms with Crippen molar-refractivity contribution in [3.63, 3.8) is 0 Å². The second-order valence-corrected chi connectivity index (χ2v) is 2.82. The minimum Gasteiger partial charge on any atom is -0.273 e. The molecule has 1 aromatic heterocycles. The molecule has 2 rings (SSSR count). The van der Waals surface area contributed by atoms with Gasteiger partial charge in [-0.1, -0.05) is 12.1 Å². The van der Waals surface area contributed by atoms with Crippen molar-refractivity contribution in [2.75, 3.05) is 0 Å². The molecule has 0 aliphatic carbocycles. The van der Waals surface area contributed by atoms with Gasteiger partial charge in [-0.25, -0.2) is 9.18 Å². The molecule has 0 saturated heterocycles. The predicted molar refractivity (Wildman–Crippen MR) is 49.9 cm³/mol. The summed E-state index contributed by atoms with van der Waals surface area (Å²) in [5, 5.41) is 0.310. The molecule has 0 saturated carbocycles. The van der Waals surface area contributed by atoms with Crippen LogP contribution < -0.4 is 11.2 Å². The Hall–Kier alpha value is -1.91. The Balaban J connectivity index is 3.06. The van der Waals surface area contributed by atoms with Crippen molar-refractivity contribution in [1.29, 1.82) is 0 Å². The van der Waals surface area contributed by atoms with Gasteiger partial charge in [0.25, 0.3) is 5.56 Å². The van der Waals surface area contributed by atoms with E-state index in [1.807, 2.05) is 4.98 Å². The van der Waals surface area contributed by atoms with E-state index < -0.39 is 18.0 Å². The lowest BCUT2D eigenvalue weighted by Crippen LogP contribution is -2.29. The van der Waals surface area contributed by atoms with Crippen LogP contribution in [0.1, 0.15) is 0 Å². The van der Waals surface area contributed by atoms with E-state index in [1.165, 1.54) is 6.07 Å². The highest BCUT2D eigenvalue weighted by atomic mass is 19.1. The van der Waals surface area contributed by atoms with Gasteiger partial charge in [-0.15, -0.1) is 0 Å². The van der Waals surface area contributed by atoms with E-state index in [2.05, 4.69) is 0 Å². The molecule has 0 atom stereocenters. The predicted octanol–water partition coefficient (Wildman–Crippen LogP) is 0.617. The van der Waals surface area contributed by atoms with E-state index >= 15 is 0 Å². The second-order valence-electron chi connectivity index (χ2n) is 2.82. The first-order chi connectivity index (χ1) is 6.74. The number of aromatic nitrogens is 2. The van der Waals surface area contributed by atoms with Crippen LogP contribution in [-0.2, 0) is 6.80 Å². The van der Waals surface area contributed by atoms with Crippen LogP contribution in [0, 0.1) is 0 Å². The Morgan fingerprint density at radius 1 is 1.29 bits per heavy atom. The van der Waals surface area contributed by atoms with Crippen molar-refractivity contribution in [1.82, 2.24) is 9.55 Å². The first kappa shape index (κ1) is 8.68. The van der Waals surface area contributed by atoms with Crippen molar-refractivity contribution >= 4 is 10.9 Å². The number of aromatic amines is 1. The third-order valence-electron chi connectivity index (χ3n) is 2.02. The maximum Gasteiger partial charge on any atom is 0.330 e. The number of hydrogen-bond donors (Lipinski definition) is 1. The minimum atomic E-state index is -0.948. The van der Waals surface area contributed by atoms with Crippen LogP contribution in [0.25, 0.3) is 10.9 Å². The number of halogens is 1. The fourth-order valence-electron chi connectivity index (χ4n) is 1.36. The number of rotatable bonds is 1. The molecular weight excluding hydrogens is 187 g/mol. The van der Waals surface area contributed by atoms with Crippen LogP contribution in [0.3, 0.4) is 0 Å². The first-order valence-electron chi connectivity index (χ1n) is 4.02. The van der Waals surface area contributed by atoms with Crippen LogP contribution in [-0.4, -0.2) is 9.55 Å². The lowest BCUT2D eigenvalue weighted by molar-refractivity contribution is 0.374. The van der Waals surface area contributed by atoms with Gasteiger partial charge in [0.1, 0.15) is 0 Å². The maximum atomic E-state index is 12.5. The lowest BCUT2D eigenvalue weighted by atomic mass is 10.2. The summed E-state index contributed by atoms with van der Waals surface area (Å²) < 4.78 is 13.4. The summed E-state index contributed by atoms with van der Waals surface area (Å²) in [5.74, 6) is 0. The van der Waals surface area contributed by atoms with Gasteiger partial charge in [0.15, 0.2) is 6.80 Å². The van der Waals surface area contributed by atoms with Gasteiger partial charge in [0.05, 0.1) is 10.9 Å². The number of alkyl halides is 1. The fourth-order valence-corrected chi connectivity index (χ4v) is 1.36. The number of nitrogens with zero attached hydrogens (tertiary/aromatic N) is 1. The summed E-state index contributed by atoms with van der Waals surface area (Å²) in [6, 6.07) is 6.38. The Morgan fingerprint density at radius 3 is 2.71 bits per heavy atom. The molecule has 0 bridgehead atoms. The molecule has 72 valence electrons. The van der Waals surface area contributed by atoms with Crippen molar-refractivity contribution in [3.05, 3.63) is 45.1 Å². The molecule has 5 heteroatoms. The smallest absolute Gasteiger partial charge is 0.273 e. The van der Waals surface area contributed by atoms with Gasteiger partial charge in [-0.3, -0.25) is 14.3 Å². The van der Waals surface area contributed by atoms with E-state index in [0.29, 0.717) is 10.9 Å². The van der Waals surface area contributed by atoms with E-state index in [9.17, 15) is 14.0 Å². The van der Waals surface area contributed by atoms with E-state index in [4.69, 9.17) is 0 Å². The largest absolute Gasteiger partial charge is 0.330 e. The number of nitrogens with one attached hydrogen (secondary N) is 1. The molecular formula is C9H7FN2O2. The van der Waals surface area contributed by atoms with Crippen molar-refractivity contribution in [2.24, 2.45) is 0 Å². The molecule has 1 N–H and O–H groups in total.